The van der Waals surface area contributed by atoms with E-state index in [0.717, 1.165) is 13.0 Å². The lowest BCUT2D eigenvalue weighted by Gasteiger charge is -2.31. The van der Waals surface area contributed by atoms with E-state index in [4.69, 9.17) is 0 Å². The maximum atomic E-state index is 11.5. The van der Waals surface area contributed by atoms with Crippen LogP contribution in [0.1, 0.15) is 13.3 Å². The molecule has 3 atom stereocenters. The Morgan fingerprint density at radius 2 is 2.54 bits per heavy atom. The van der Waals surface area contributed by atoms with Crippen LogP contribution < -0.4 is 5.32 Å². The number of aliphatic hydroxyl groups excluding tert-OH is 1. The van der Waals surface area contributed by atoms with E-state index < -0.39 is 5.66 Å². The highest BCUT2D eigenvalue weighted by Crippen LogP contribution is 2.32. The highest BCUT2D eigenvalue weighted by Gasteiger charge is 2.51. The zero-order chi connectivity index (χ0) is 9.64. The Kier molecular flexibility index (Phi) is 2.05. The SMILES string of the molecule is C[C@]1(CO)NC(=O)[C@@H]2C[C@H](S)CN21. The molecule has 5 heteroatoms. The fraction of sp³-hybridized carbons (Fsp3) is 0.875. The summed E-state index contributed by atoms with van der Waals surface area (Å²) in [6.45, 7) is 2.57. The molecule has 4 nitrogen and oxygen atoms in total. The summed E-state index contributed by atoms with van der Waals surface area (Å²) in [5, 5.41) is 12.3. The quantitative estimate of drug-likeness (QED) is 0.488. The first kappa shape index (κ1) is 9.30. The molecular weight excluding hydrogens is 188 g/mol. The normalized spacial score (nSPS) is 45.0. The summed E-state index contributed by atoms with van der Waals surface area (Å²) in [4.78, 5) is 13.5. The fourth-order valence-electron chi connectivity index (χ4n) is 2.16. The topological polar surface area (TPSA) is 52.6 Å². The van der Waals surface area contributed by atoms with Crippen molar-refractivity contribution in [2.75, 3.05) is 13.2 Å². The maximum absolute atomic E-state index is 11.5. The lowest BCUT2D eigenvalue weighted by atomic mass is 10.2. The zero-order valence-corrected chi connectivity index (χ0v) is 8.42. The Morgan fingerprint density at radius 1 is 1.85 bits per heavy atom. The van der Waals surface area contributed by atoms with E-state index in [0.29, 0.717) is 0 Å². The van der Waals surface area contributed by atoms with Gasteiger partial charge in [0.1, 0.15) is 5.66 Å². The van der Waals surface area contributed by atoms with E-state index in [-0.39, 0.29) is 23.8 Å². The summed E-state index contributed by atoms with van der Waals surface area (Å²) in [5.41, 5.74) is -0.570. The van der Waals surface area contributed by atoms with E-state index in [2.05, 4.69) is 17.9 Å². The van der Waals surface area contributed by atoms with Crippen LogP contribution in [0.25, 0.3) is 0 Å². The van der Waals surface area contributed by atoms with Gasteiger partial charge in [-0.2, -0.15) is 12.6 Å². The van der Waals surface area contributed by atoms with Crippen molar-refractivity contribution in [1.82, 2.24) is 10.2 Å². The van der Waals surface area contributed by atoms with Crippen LogP contribution in [-0.2, 0) is 4.79 Å². The summed E-state index contributed by atoms with van der Waals surface area (Å²) in [6, 6.07) is -0.0837. The van der Waals surface area contributed by atoms with Gasteiger partial charge in [-0.15, -0.1) is 0 Å². The van der Waals surface area contributed by atoms with Crippen molar-refractivity contribution in [2.45, 2.75) is 30.3 Å². The van der Waals surface area contributed by atoms with E-state index in [9.17, 15) is 9.90 Å². The molecule has 0 aromatic rings. The molecule has 2 saturated heterocycles. The largest absolute Gasteiger partial charge is 0.393 e. The van der Waals surface area contributed by atoms with Crippen molar-refractivity contribution in [3.63, 3.8) is 0 Å². The standard InChI is InChI=1S/C8H14N2O2S/c1-8(4-11)9-7(12)6-2-5(13)3-10(6)8/h5-6,11,13H,2-4H2,1H3,(H,9,12)/t5-,6-,8-/m0/s1. The summed E-state index contributed by atoms with van der Waals surface area (Å²) in [6.07, 6.45) is 0.782. The van der Waals surface area contributed by atoms with Gasteiger partial charge in [0.25, 0.3) is 0 Å². The number of hydrogen-bond donors (Lipinski definition) is 3. The van der Waals surface area contributed by atoms with Gasteiger partial charge in [-0.1, -0.05) is 0 Å². The number of nitrogens with one attached hydrogen (secondary N) is 1. The Balaban J connectivity index is 2.24. The molecule has 0 saturated carbocycles. The van der Waals surface area contributed by atoms with E-state index in [1.165, 1.54) is 0 Å². The Bertz CT molecular complexity index is 248. The fourth-order valence-corrected chi connectivity index (χ4v) is 2.53. The smallest absolute Gasteiger partial charge is 0.238 e. The first-order valence-electron chi connectivity index (χ1n) is 4.44. The molecule has 13 heavy (non-hydrogen) atoms. The van der Waals surface area contributed by atoms with Crippen LogP contribution in [0.5, 0.6) is 0 Å². The molecule has 0 aliphatic carbocycles. The number of nitrogens with zero attached hydrogens (tertiary/aromatic N) is 1. The van der Waals surface area contributed by atoms with Crippen molar-refractivity contribution in [3.05, 3.63) is 0 Å². The Morgan fingerprint density at radius 3 is 3.15 bits per heavy atom. The molecule has 2 fully saturated rings. The van der Waals surface area contributed by atoms with Crippen LogP contribution in [0, 0.1) is 0 Å². The van der Waals surface area contributed by atoms with Gasteiger partial charge in [-0.3, -0.25) is 9.69 Å². The van der Waals surface area contributed by atoms with Crippen LogP contribution in [0.3, 0.4) is 0 Å². The van der Waals surface area contributed by atoms with Gasteiger partial charge in [-0.25, -0.2) is 0 Å². The van der Waals surface area contributed by atoms with Gasteiger partial charge < -0.3 is 10.4 Å². The summed E-state index contributed by atoms with van der Waals surface area (Å²) in [7, 11) is 0. The van der Waals surface area contributed by atoms with Crippen LogP contribution in [0.15, 0.2) is 0 Å². The Labute approximate surface area is 82.7 Å². The number of thiol groups is 1. The first-order chi connectivity index (χ1) is 6.07. The predicted molar refractivity (Wildman–Crippen MR) is 51.5 cm³/mol. The molecule has 2 rings (SSSR count). The highest BCUT2D eigenvalue weighted by molar-refractivity contribution is 7.81. The van der Waals surface area contributed by atoms with Crippen LogP contribution in [0.4, 0.5) is 0 Å². The van der Waals surface area contributed by atoms with Crippen molar-refractivity contribution in [2.24, 2.45) is 0 Å². The number of amides is 1. The molecule has 0 bridgehead atoms. The second kappa shape index (κ2) is 2.87. The molecule has 0 spiro atoms. The third-order valence-corrected chi connectivity index (χ3v) is 3.29. The van der Waals surface area contributed by atoms with E-state index in [1.54, 1.807) is 0 Å². The number of carbonyl (C=O) groups is 1. The zero-order valence-electron chi connectivity index (χ0n) is 7.53. The van der Waals surface area contributed by atoms with Gasteiger partial charge in [0.15, 0.2) is 0 Å². The lowest BCUT2D eigenvalue weighted by Crippen LogP contribution is -2.52. The van der Waals surface area contributed by atoms with Crippen LogP contribution >= 0.6 is 12.6 Å². The minimum Gasteiger partial charge on any atom is -0.393 e. The number of aliphatic hydroxyl groups is 1. The van der Waals surface area contributed by atoms with Gasteiger partial charge >= 0.3 is 0 Å². The summed E-state index contributed by atoms with van der Waals surface area (Å²) >= 11 is 4.35. The number of fused-ring (bicyclic) bond motifs is 1. The van der Waals surface area contributed by atoms with Crippen molar-refractivity contribution < 1.29 is 9.90 Å². The molecule has 1 amide bonds. The molecule has 2 aliphatic heterocycles. The van der Waals surface area contributed by atoms with Crippen LogP contribution in [-0.4, -0.2) is 46.0 Å². The number of carbonyl (C=O) groups excluding carboxylic acids is 1. The second-order valence-electron chi connectivity index (χ2n) is 3.98. The lowest BCUT2D eigenvalue weighted by molar-refractivity contribution is -0.121. The average Bonchev–Trinajstić information content (AvgIpc) is 2.55. The number of hydrogen-bond acceptors (Lipinski definition) is 4. The summed E-state index contributed by atoms with van der Waals surface area (Å²) in [5.74, 6) is 0.0214. The molecule has 2 heterocycles. The molecule has 2 aliphatic rings. The van der Waals surface area contributed by atoms with Crippen molar-refractivity contribution >= 4 is 18.5 Å². The van der Waals surface area contributed by atoms with E-state index in [1.807, 2.05) is 11.8 Å². The monoisotopic (exact) mass is 202 g/mol. The van der Waals surface area contributed by atoms with Gasteiger partial charge in [-0.05, 0) is 13.3 Å². The minimum atomic E-state index is -0.570. The summed E-state index contributed by atoms with van der Waals surface area (Å²) < 4.78 is 0. The molecular formula is C8H14N2O2S. The van der Waals surface area contributed by atoms with Gasteiger partial charge in [0.05, 0.1) is 12.6 Å². The van der Waals surface area contributed by atoms with Gasteiger partial charge in [0, 0.05) is 11.8 Å². The average molecular weight is 202 g/mol. The third-order valence-electron chi connectivity index (χ3n) is 2.92. The van der Waals surface area contributed by atoms with Crippen LogP contribution in [0.2, 0.25) is 0 Å². The molecule has 0 aromatic heterocycles. The predicted octanol–water partition coefficient (Wildman–Crippen LogP) is -0.803. The van der Waals surface area contributed by atoms with Crippen molar-refractivity contribution in [1.29, 1.82) is 0 Å². The van der Waals surface area contributed by atoms with E-state index >= 15 is 0 Å². The van der Waals surface area contributed by atoms with Crippen molar-refractivity contribution in [3.8, 4) is 0 Å². The highest BCUT2D eigenvalue weighted by atomic mass is 32.1. The molecule has 0 unspecified atom stereocenters. The maximum Gasteiger partial charge on any atom is 0.238 e. The van der Waals surface area contributed by atoms with Gasteiger partial charge in [0.2, 0.25) is 5.91 Å². The minimum absolute atomic E-state index is 0.0214. The Hall–Kier alpha value is -0.260. The molecule has 0 radical (unpaired) electrons. The third kappa shape index (κ3) is 1.26. The molecule has 2 N–H and O–H groups in total. The molecule has 74 valence electrons. The number of rotatable bonds is 1. The first-order valence-corrected chi connectivity index (χ1v) is 4.96. The molecule has 0 aromatic carbocycles. The second-order valence-corrected chi connectivity index (χ2v) is 4.71.